The second-order valence-corrected chi connectivity index (χ2v) is 6.18. The predicted molar refractivity (Wildman–Crippen MR) is 99.6 cm³/mol. The van der Waals surface area contributed by atoms with Crippen molar-refractivity contribution in [2.24, 2.45) is 14.1 Å². The van der Waals surface area contributed by atoms with Crippen LogP contribution < -0.4 is 21.3 Å². The number of rotatable bonds is 6. The van der Waals surface area contributed by atoms with E-state index in [-0.39, 0.29) is 17.4 Å². The molecule has 0 radical (unpaired) electrons. The number of hydrogen-bond donors (Lipinski definition) is 1. The average molecular weight is 357 g/mol. The summed E-state index contributed by atoms with van der Waals surface area (Å²) in [6, 6.07) is 9.51. The first-order chi connectivity index (χ1) is 12.3. The first-order valence-electron chi connectivity index (χ1n) is 8.06. The maximum Gasteiger partial charge on any atom is 0.332 e. The SMILES string of the molecule is COc1cccc([C@H](CNc2c(C#N)c(=O)n(C)c(=O)n2C)N(C)C)c1. The Kier molecular flexibility index (Phi) is 5.85. The van der Waals surface area contributed by atoms with Gasteiger partial charge in [0.1, 0.15) is 17.6 Å². The molecule has 1 aromatic heterocycles. The van der Waals surface area contributed by atoms with Crippen LogP contribution >= 0.6 is 0 Å². The van der Waals surface area contributed by atoms with E-state index >= 15 is 0 Å². The molecule has 26 heavy (non-hydrogen) atoms. The predicted octanol–water partition coefficient (Wildman–Crippen LogP) is 0.679. The molecular formula is C18H23N5O3. The van der Waals surface area contributed by atoms with Gasteiger partial charge in [0.15, 0.2) is 5.56 Å². The van der Waals surface area contributed by atoms with Crippen molar-refractivity contribution >= 4 is 5.82 Å². The molecule has 0 bridgehead atoms. The van der Waals surface area contributed by atoms with E-state index in [1.807, 2.05) is 49.3 Å². The van der Waals surface area contributed by atoms with Crippen molar-refractivity contribution < 1.29 is 4.74 Å². The first-order valence-corrected chi connectivity index (χ1v) is 8.06. The molecule has 0 saturated heterocycles. The van der Waals surface area contributed by atoms with Crippen LogP contribution in [0, 0.1) is 11.3 Å². The number of aromatic nitrogens is 2. The molecular weight excluding hydrogens is 334 g/mol. The van der Waals surface area contributed by atoms with Gasteiger partial charge in [-0.05, 0) is 31.8 Å². The minimum atomic E-state index is -0.610. The third kappa shape index (κ3) is 3.63. The maximum absolute atomic E-state index is 12.2. The summed E-state index contributed by atoms with van der Waals surface area (Å²) in [6.07, 6.45) is 0. The number of nitrogens with one attached hydrogen (secondary N) is 1. The van der Waals surface area contributed by atoms with Gasteiger partial charge in [0.25, 0.3) is 5.56 Å². The summed E-state index contributed by atoms with van der Waals surface area (Å²) < 4.78 is 7.48. The number of likely N-dealkylation sites (N-methyl/N-ethyl adjacent to an activating group) is 1. The van der Waals surface area contributed by atoms with Crippen LogP contribution in [-0.4, -0.2) is 41.8 Å². The molecule has 0 amide bonds. The molecule has 0 saturated carbocycles. The lowest BCUT2D eigenvalue weighted by Crippen LogP contribution is -2.40. The molecule has 2 rings (SSSR count). The minimum Gasteiger partial charge on any atom is -0.497 e. The van der Waals surface area contributed by atoms with E-state index in [1.54, 1.807) is 7.11 Å². The largest absolute Gasteiger partial charge is 0.497 e. The third-order valence-electron chi connectivity index (χ3n) is 4.34. The lowest BCUT2D eigenvalue weighted by atomic mass is 10.1. The first kappa shape index (κ1) is 19.3. The van der Waals surface area contributed by atoms with Gasteiger partial charge in [0.05, 0.1) is 13.2 Å². The van der Waals surface area contributed by atoms with Crippen molar-refractivity contribution in [2.75, 3.05) is 33.1 Å². The van der Waals surface area contributed by atoms with Crippen LogP contribution in [0.2, 0.25) is 0 Å². The van der Waals surface area contributed by atoms with Gasteiger partial charge in [-0.2, -0.15) is 5.26 Å². The fourth-order valence-electron chi connectivity index (χ4n) is 2.79. The van der Waals surface area contributed by atoms with Gasteiger partial charge in [-0.3, -0.25) is 13.9 Å². The van der Waals surface area contributed by atoms with E-state index in [9.17, 15) is 14.9 Å². The molecule has 0 fully saturated rings. The van der Waals surface area contributed by atoms with Crippen molar-refractivity contribution in [2.45, 2.75) is 6.04 Å². The number of anilines is 1. The molecule has 1 heterocycles. The Balaban J connectivity index is 2.41. The van der Waals surface area contributed by atoms with Crippen molar-refractivity contribution in [1.82, 2.24) is 14.0 Å². The zero-order valence-electron chi connectivity index (χ0n) is 15.6. The lowest BCUT2D eigenvalue weighted by Gasteiger charge is -2.26. The Morgan fingerprint density at radius 2 is 1.96 bits per heavy atom. The molecule has 1 aromatic carbocycles. The number of nitrogens with zero attached hydrogens (tertiary/aromatic N) is 4. The molecule has 0 unspecified atom stereocenters. The Hall–Kier alpha value is -3.05. The molecule has 1 N–H and O–H groups in total. The van der Waals surface area contributed by atoms with Gasteiger partial charge in [-0.1, -0.05) is 12.1 Å². The zero-order chi connectivity index (χ0) is 19.4. The van der Waals surface area contributed by atoms with E-state index < -0.39 is 11.2 Å². The van der Waals surface area contributed by atoms with E-state index in [4.69, 9.17) is 4.74 Å². The maximum atomic E-state index is 12.2. The quantitative estimate of drug-likeness (QED) is 0.817. The van der Waals surface area contributed by atoms with Gasteiger partial charge in [0.2, 0.25) is 0 Å². The smallest absolute Gasteiger partial charge is 0.332 e. The topological polar surface area (TPSA) is 92.3 Å². The molecule has 0 spiro atoms. The van der Waals surface area contributed by atoms with Gasteiger partial charge in [-0.15, -0.1) is 0 Å². The molecule has 8 nitrogen and oxygen atoms in total. The molecule has 138 valence electrons. The Morgan fingerprint density at radius 3 is 2.54 bits per heavy atom. The van der Waals surface area contributed by atoms with Crippen LogP contribution in [0.4, 0.5) is 5.82 Å². The normalized spacial score (nSPS) is 11.9. The van der Waals surface area contributed by atoms with Crippen molar-refractivity contribution in [3.05, 3.63) is 56.2 Å². The summed E-state index contributed by atoms with van der Waals surface area (Å²) >= 11 is 0. The standard InChI is InChI=1S/C18H23N5O3/c1-21(2)15(12-7-6-8-13(9-12)26-5)11-20-16-14(10-19)17(24)23(4)18(25)22(16)3/h6-9,15,20H,11H2,1-5H3/t15-/m0/s1. The number of methoxy groups -OCH3 is 1. The van der Waals surface area contributed by atoms with Crippen LogP contribution in [0.5, 0.6) is 5.75 Å². The van der Waals surface area contributed by atoms with E-state index in [0.717, 1.165) is 15.9 Å². The highest BCUT2D eigenvalue weighted by molar-refractivity contribution is 5.51. The number of ether oxygens (including phenoxy) is 1. The van der Waals surface area contributed by atoms with Crippen LogP contribution in [0.15, 0.2) is 33.9 Å². The minimum absolute atomic E-state index is 0.0594. The van der Waals surface area contributed by atoms with Gasteiger partial charge >= 0.3 is 5.69 Å². The average Bonchev–Trinajstić information content (AvgIpc) is 2.64. The number of nitriles is 1. The monoisotopic (exact) mass is 357 g/mol. The van der Waals surface area contributed by atoms with E-state index in [0.29, 0.717) is 6.54 Å². The summed E-state index contributed by atoms with van der Waals surface area (Å²) in [7, 11) is 8.35. The zero-order valence-corrected chi connectivity index (χ0v) is 15.6. The summed E-state index contributed by atoms with van der Waals surface area (Å²) in [5.41, 5.74) is -0.174. The van der Waals surface area contributed by atoms with Gasteiger partial charge in [0, 0.05) is 20.6 Å². The van der Waals surface area contributed by atoms with Crippen molar-refractivity contribution in [3.8, 4) is 11.8 Å². The van der Waals surface area contributed by atoms with Crippen molar-refractivity contribution in [3.63, 3.8) is 0 Å². The van der Waals surface area contributed by atoms with Crippen LogP contribution in [0.25, 0.3) is 0 Å². The summed E-state index contributed by atoms with van der Waals surface area (Å²) in [5.74, 6) is 0.961. The van der Waals surface area contributed by atoms with Gasteiger partial charge < -0.3 is 15.0 Å². The lowest BCUT2D eigenvalue weighted by molar-refractivity contribution is 0.310. The fraction of sp³-hybridized carbons (Fsp3) is 0.389. The summed E-state index contributed by atoms with van der Waals surface area (Å²) in [4.78, 5) is 26.4. The Labute approximate surface area is 151 Å². The van der Waals surface area contributed by atoms with E-state index in [1.165, 1.54) is 18.7 Å². The fourth-order valence-corrected chi connectivity index (χ4v) is 2.79. The highest BCUT2D eigenvalue weighted by atomic mass is 16.5. The highest BCUT2D eigenvalue weighted by Gasteiger charge is 2.19. The van der Waals surface area contributed by atoms with Gasteiger partial charge in [-0.25, -0.2) is 4.79 Å². The third-order valence-corrected chi connectivity index (χ3v) is 4.34. The molecule has 8 heteroatoms. The second kappa shape index (κ2) is 7.89. The molecule has 2 aromatic rings. The Morgan fingerprint density at radius 1 is 1.27 bits per heavy atom. The summed E-state index contributed by atoms with van der Waals surface area (Å²) in [5, 5.41) is 12.5. The molecule has 0 aliphatic carbocycles. The summed E-state index contributed by atoms with van der Waals surface area (Å²) in [6.45, 7) is 0.398. The molecule has 0 aliphatic heterocycles. The van der Waals surface area contributed by atoms with Crippen molar-refractivity contribution in [1.29, 1.82) is 5.26 Å². The van der Waals surface area contributed by atoms with Crippen LogP contribution in [0.1, 0.15) is 17.2 Å². The van der Waals surface area contributed by atoms with Crippen LogP contribution in [0.3, 0.4) is 0 Å². The second-order valence-electron chi connectivity index (χ2n) is 6.18. The van der Waals surface area contributed by atoms with E-state index in [2.05, 4.69) is 5.32 Å². The molecule has 1 atom stereocenters. The highest BCUT2D eigenvalue weighted by Crippen LogP contribution is 2.23. The number of benzene rings is 1. The Bertz CT molecular complexity index is 953. The number of hydrogen-bond acceptors (Lipinski definition) is 6. The van der Waals surface area contributed by atoms with Crippen LogP contribution in [-0.2, 0) is 14.1 Å². The molecule has 0 aliphatic rings.